The molecule has 1 aromatic heterocycles. The van der Waals surface area contributed by atoms with Gasteiger partial charge < -0.3 is 15.3 Å². The van der Waals surface area contributed by atoms with E-state index in [2.05, 4.69) is 5.10 Å². The molecular formula is C9H18N2O3. The summed E-state index contributed by atoms with van der Waals surface area (Å²) in [4.78, 5) is 0. The number of rotatable bonds is 2. The molecule has 1 aromatic rings. The van der Waals surface area contributed by atoms with E-state index < -0.39 is 6.10 Å². The molecule has 82 valence electrons. The Balaban J connectivity index is 0.000000791. The summed E-state index contributed by atoms with van der Waals surface area (Å²) in [5, 5.41) is 29.7. The molecule has 0 aliphatic rings. The quantitative estimate of drug-likeness (QED) is 0.613. The van der Waals surface area contributed by atoms with E-state index in [-0.39, 0.29) is 5.92 Å². The van der Waals surface area contributed by atoms with Crippen LogP contribution in [0.25, 0.3) is 0 Å². The van der Waals surface area contributed by atoms with E-state index in [1.54, 1.807) is 0 Å². The standard InChI is InChI=1S/C7H12N2O3.C2H6/c1-5(2)6-3-8-9(4-6)7(10,11)12;1-2/h3-5,10-12H,1-2H3;1-2H3. The van der Waals surface area contributed by atoms with Crippen LogP contribution in [0.5, 0.6) is 0 Å². The Hall–Kier alpha value is -0.910. The highest BCUT2D eigenvalue weighted by molar-refractivity contribution is 5.08. The molecule has 0 unspecified atom stereocenters. The van der Waals surface area contributed by atoms with Gasteiger partial charge in [0.15, 0.2) is 0 Å². The first kappa shape index (κ1) is 13.1. The molecule has 0 fully saturated rings. The van der Waals surface area contributed by atoms with Crippen molar-refractivity contribution < 1.29 is 15.3 Å². The van der Waals surface area contributed by atoms with Crippen molar-refractivity contribution in [2.75, 3.05) is 0 Å². The first-order valence-electron chi connectivity index (χ1n) is 4.63. The zero-order valence-electron chi connectivity index (χ0n) is 8.97. The summed E-state index contributed by atoms with van der Waals surface area (Å²) in [6.45, 7) is 7.88. The highest BCUT2D eigenvalue weighted by Crippen LogP contribution is 2.14. The van der Waals surface area contributed by atoms with Gasteiger partial charge in [0.25, 0.3) is 0 Å². The second-order valence-corrected chi connectivity index (χ2v) is 2.97. The lowest BCUT2D eigenvalue weighted by Gasteiger charge is -2.12. The monoisotopic (exact) mass is 202 g/mol. The van der Waals surface area contributed by atoms with Crippen molar-refractivity contribution in [1.82, 2.24) is 9.78 Å². The lowest BCUT2D eigenvalue weighted by atomic mass is 10.1. The summed E-state index contributed by atoms with van der Waals surface area (Å²) in [5.41, 5.74) is 0.830. The molecular weight excluding hydrogens is 184 g/mol. The van der Waals surface area contributed by atoms with E-state index in [1.807, 2.05) is 27.7 Å². The fourth-order valence-corrected chi connectivity index (χ4v) is 0.799. The van der Waals surface area contributed by atoms with Crippen molar-refractivity contribution >= 4 is 0 Å². The minimum absolute atomic E-state index is 0.237. The molecule has 14 heavy (non-hydrogen) atoms. The summed E-state index contributed by atoms with van der Waals surface area (Å²) in [6.07, 6.45) is -0.0418. The highest BCUT2D eigenvalue weighted by atomic mass is 16.7. The molecule has 0 saturated carbocycles. The number of nitrogens with zero attached hydrogens (tertiary/aromatic N) is 2. The van der Waals surface area contributed by atoms with Gasteiger partial charge in [-0.15, -0.1) is 0 Å². The zero-order valence-corrected chi connectivity index (χ0v) is 8.97. The summed E-state index contributed by atoms with van der Waals surface area (Å²) in [7, 11) is 0. The van der Waals surface area contributed by atoms with Crippen molar-refractivity contribution in [2.45, 2.75) is 39.7 Å². The lowest BCUT2D eigenvalue weighted by Crippen LogP contribution is -2.32. The van der Waals surface area contributed by atoms with Gasteiger partial charge >= 0.3 is 6.10 Å². The van der Waals surface area contributed by atoms with Crippen LogP contribution in [-0.4, -0.2) is 25.1 Å². The largest absolute Gasteiger partial charge is 0.389 e. The maximum Gasteiger partial charge on any atom is 0.389 e. The Labute approximate surface area is 83.6 Å². The van der Waals surface area contributed by atoms with E-state index in [4.69, 9.17) is 15.3 Å². The van der Waals surface area contributed by atoms with E-state index >= 15 is 0 Å². The first-order chi connectivity index (χ1) is 6.41. The second-order valence-electron chi connectivity index (χ2n) is 2.97. The van der Waals surface area contributed by atoms with Crippen LogP contribution in [0, 0.1) is 0 Å². The molecule has 1 heterocycles. The number of aromatic nitrogens is 2. The van der Waals surface area contributed by atoms with Crippen molar-refractivity contribution in [3.63, 3.8) is 0 Å². The molecule has 1 rings (SSSR count). The van der Waals surface area contributed by atoms with Crippen molar-refractivity contribution in [3.8, 4) is 0 Å². The van der Waals surface area contributed by atoms with Gasteiger partial charge in [-0.25, -0.2) is 0 Å². The highest BCUT2D eigenvalue weighted by Gasteiger charge is 2.22. The molecule has 3 N–H and O–H groups in total. The third-order valence-corrected chi connectivity index (χ3v) is 1.58. The Morgan fingerprint density at radius 3 is 2.00 bits per heavy atom. The molecule has 0 saturated heterocycles. The fourth-order valence-electron chi connectivity index (χ4n) is 0.799. The van der Waals surface area contributed by atoms with Gasteiger partial charge in [0.1, 0.15) is 0 Å². The van der Waals surface area contributed by atoms with E-state index in [1.165, 1.54) is 12.4 Å². The van der Waals surface area contributed by atoms with Crippen molar-refractivity contribution in [2.24, 2.45) is 0 Å². The second kappa shape index (κ2) is 5.09. The first-order valence-corrected chi connectivity index (χ1v) is 4.63. The topological polar surface area (TPSA) is 78.5 Å². The van der Waals surface area contributed by atoms with Crippen LogP contribution in [0.15, 0.2) is 12.4 Å². The molecule has 0 aromatic carbocycles. The van der Waals surface area contributed by atoms with Gasteiger partial charge in [0, 0.05) is 6.20 Å². The van der Waals surface area contributed by atoms with E-state index in [0.29, 0.717) is 4.68 Å². The van der Waals surface area contributed by atoms with Crippen LogP contribution in [0.4, 0.5) is 0 Å². The Morgan fingerprint density at radius 1 is 1.29 bits per heavy atom. The van der Waals surface area contributed by atoms with E-state index in [0.717, 1.165) is 5.56 Å². The number of aliphatic hydroxyl groups is 3. The third-order valence-electron chi connectivity index (χ3n) is 1.58. The molecule has 5 nitrogen and oxygen atoms in total. The maximum atomic E-state index is 8.70. The van der Waals surface area contributed by atoms with Crippen molar-refractivity contribution in [1.29, 1.82) is 0 Å². The summed E-state index contributed by atoms with van der Waals surface area (Å²) in [5.74, 6) is 0.237. The number of hydrogen-bond acceptors (Lipinski definition) is 4. The molecule has 0 bridgehead atoms. The van der Waals surface area contributed by atoms with E-state index in [9.17, 15) is 0 Å². The molecule has 0 spiro atoms. The van der Waals surface area contributed by atoms with Gasteiger partial charge in [0.05, 0.1) is 6.20 Å². The molecule has 0 aliphatic carbocycles. The smallest absolute Gasteiger partial charge is 0.324 e. The minimum Gasteiger partial charge on any atom is -0.324 e. The van der Waals surface area contributed by atoms with Gasteiger partial charge in [-0.2, -0.15) is 9.78 Å². The zero-order chi connectivity index (χ0) is 11.4. The molecule has 0 amide bonds. The summed E-state index contributed by atoms with van der Waals surface area (Å²) in [6, 6.07) is 0. The minimum atomic E-state index is -2.90. The van der Waals surface area contributed by atoms with Crippen LogP contribution < -0.4 is 0 Å². The Kier molecular flexibility index (Phi) is 4.76. The van der Waals surface area contributed by atoms with Gasteiger partial charge in [-0.3, -0.25) is 0 Å². The average Bonchev–Trinajstić information content (AvgIpc) is 2.54. The lowest BCUT2D eigenvalue weighted by molar-refractivity contribution is -0.380. The van der Waals surface area contributed by atoms with Crippen LogP contribution >= 0.6 is 0 Å². The molecule has 5 heteroatoms. The SMILES string of the molecule is CC.CC(C)c1cnn(C(O)(O)O)c1. The summed E-state index contributed by atoms with van der Waals surface area (Å²) < 4.78 is 0.683. The van der Waals surface area contributed by atoms with Gasteiger partial charge in [0.2, 0.25) is 0 Å². The van der Waals surface area contributed by atoms with Gasteiger partial charge in [-0.05, 0) is 11.5 Å². The fraction of sp³-hybridized carbons (Fsp3) is 0.667. The maximum absolute atomic E-state index is 8.70. The average molecular weight is 202 g/mol. The third kappa shape index (κ3) is 3.45. The Bertz CT molecular complexity index is 263. The molecule has 0 aliphatic heterocycles. The van der Waals surface area contributed by atoms with Crippen LogP contribution in [0.2, 0.25) is 0 Å². The predicted molar refractivity (Wildman–Crippen MR) is 52.3 cm³/mol. The number of hydrogen-bond donors (Lipinski definition) is 3. The summed E-state index contributed by atoms with van der Waals surface area (Å²) >= 11 is 0. The normalized spacial score (nSPS) is 11.1. The molecule has 0 atom stereocenters. The van der Waals surface area contributed by atoms with Crippen LogP contribution in [-0.2, 0) is 6.10 Å². The predicted octanol–water partition coefficient (Wildman–Crippen LogP) is 0.577. The van der Waals surface area contributed by atoms with Crippen LogP contribution in [0.1, 0.15) is 39.2 Å². The van der Waals surface area contributed by atoms with Gasteiger partial charge in [-0.1, -0.05) is 27.7 Å². The molecule has 0 radical (unpaired) electrons. The Morgan fingerprint density at radius 2 is 1.79 bits per heavy atom. The van der Waals surface area contributed by atoms with Crippen molar-refractivity contribution in [3.05, 3.63) is 18.0 Å². The van der Waals surface area contributed by atoms with Crippen LogP contribution in [0.3, 0.4) is 0 Å².